The molecule has 200 valence electrons. The smallest absolute Gasteiger partial charge is 0.313 e. The lowest BCUT2D eigenvalue weighted by molar-refractivity contribution is -0.161. The molecule has 1 aromatic carbocycles. The standard InChI is InChI=1S/C28H36N2O7/c1-7-13-29(19-9-11-20(35-6)12-10-19)25(33)23-28-15-17(3)27(5,37-28)22(26(34)36-14-8-2)21(28)24(32)30(23)18(4)16-31/h7-12,17-18,21-23,31H,1-2,13-16H2,3-6H3/t17?,18-,21+,22-,23?,27+,28?/m1/s1. The van der Waals surface area contributed by atoms with E-state index in [1.165, 1.54) is 11.0 Å². The molecule has 1 N–H and O–H groups in total. The average Bonchev–Trinajstić information content (AvgIpc) is 3.41. The van der Waals surface area contributed by atoms with E-state index in [0.29, 0.717) is 17.9 Å². The van der Waals surface area contributed by atoms with Crippen molar-refractivity contribution in [2.24, 2.45) is 17.8 Å². The van der Waals surface area contributed by atoms with Gasteiger partial charge in [0.15, 0.2) is 0 Å². The zero-order chi connectivity index (χ0) is 27.1. The molecule has 9 heteroatoms. The van der Waals surface area contributed by atoms with Gasteiger partial charge >= 0.3 is 5.97 Å². The first-order chi connectivity index (χ1) is 17.6. The zero-order valence-electron chi connectivity index (χ0n) is 21.9. The Morgan fingerprint density at radius 1 is 1.30 bits per heavy atom. The molecule has 0 aromatic heterocycles. The number of likely N-dealkylation sites (tertiary alicyclic amines) is 1. The molecule has 3 saturated heterocycles. The van der Waals surface area contributed by atoms with Gasteiger partial charge in [-0.1, -0.05) is 25.7 Å². The number of aliphatic hydroxyl groups excluding tert-OH is 1. The fraction of sp³-hybridized carbons (Fsp3) is 0.536. The number of methoxy groups -OCH3 is 1. The summed E-state index contributed by atoms with van der Waals surface area (Å²) in [7, 11) is 1.56. The maximum atomic E-state index is 14.4. The van der Waals surface area contributed by atoms with Gasteiger partial charge in [0.05, 0.1) is 31.3 Å². The number of anilines is 1. The minimum atomic E-state index is -1.24. The van der Waals surface area contributed by atoms with E-state index in [1.54, 1.807) is 49.3 Å². The second-order valence-corrected chi connectivity index (χ2v) is 10.3. The Bertz CT molecular complexity index is 1090. The first-order valence-electron chi connectivity index (χ1n) is 12.6. The summed E-state index contributed by atoms with van der Waals surface area (Å²) in [6.07, 6.45) is 3.50. The van der Waals surface area contributed by atoms with E-state index in [9.17, 15) is 19.5 Å². The van der Waals surface area contributed by atoms with E-state index in [-0.39, 0.29) is 37.5 Å². The third-order valence-corrected chi connectivity index (χ3v) is 8.28. The number of amides is 2. The van der Waals surface area contributed by atoms with Crippen molar-refractivity contribution in [1.82, 2.24) is 4.90 Å². The molecule has 0 aliphatic carbocycles. The molecular weight excluding hydrogens is 476 g/mol. The maximum Gasteiger partial charge on any atom is 0.313 e. The Morgan fingerprint density at radius 2 is 1.97 bits per heavy atom. The summed E-state index contributed by atoms with van der Waals surface area (Å²) in [4.78, 5) is 44.7. The van der Waals surface area contributed by atoms with Crippen LogP contribution in [0.2, 0.25) is 0 Å². The van der Waals surface area contributed by atoms with E-state index in [0.717, 1.165) is 0 Å². The third-order valence-electron chi connectivity index (χ3n) is 8.28. The number of esters is 1. The average molecular weight is 513 g/mol. The van der Waals surface area contributed by atoms with E-state index in [2.05, 4.69) is 13.2 Å². The Kier molecular flexibility index (Phi) is 7.23. The molecule has 1 aromatic rings. The van der Waals surface area contributed by atoms with Gasteiger partial charge in [-0.05, 0) is 50.5 Å². The van der Waals surface area contributed by atoms with E-state index in [1.807, 2.05) is 13.8 Å². The highest BCUT2D eigenvalue weighted by molar-refractivity contribution is 6.05. The van der Waals surface area contributed by atoms with Crippen LogP contribution in [0.4, 0.5) is 5.69 Å². The second kappa shape index (κ2) is 9.95. The first kappa shape index (κ1) is 26.9. The normalized spacial score (nSPS) is 32.6. The lowest BCUT2D eigenvalue weighted by atomic mass is 9.62. The minimum Gasteiger partial charge on any atom is -0.497 e. The van der Waals surface area contributed by atoms with Crippen LogP contribution in [0.25, 0.3) is 0 Å². The summed E-state index contributed by atoms with van der Waals surface area (Å²) in [6.45, 7) is 12.7. The van der Waals surface area contributed by atoms with Gasteiger partial charge in [-0.2, -0.15) is 0 Å². The van der Waals surface area contributed by atoms with Crippen LogP contribution in [0.1, 0.15) is 27.2 Å². The highest BCUT2D eigenvalue weighted by atomic mass is 16.6. The van der Waals surface area contributed by atoms with Crippen LogP contribution in [0.5, 0.6) is 5.75 Å². The second-order valence-electron chi connectivity index (χ2n) is 10.3. The van der Waals surface area contributed by atoms with E-state index < -0.39 is 41.1 Å². The van der Waals surface area contributed by atoms with Gasteiger partial charge in [0.2, 0.25) is 5.91 Å². The summed E-state index contributed by atoms with van der Waals surface area (Å²) < 4.78 is 17.3. The predicted molar refractivity (Wildman–Crippen MR) is 137 cm³/mol. The van der Waals surface area contributed by atoms with Gasteiger partial charge in [0, 0.05) is 12.2 Å². The number of rotatable bonds is 10. The largest absolute Gasteiger partial charge is 0.497 e. The van der Waals surface area contributed by atoms with Crippen LogP contribution in [-0.4, -0.2) is 77.9 Å². The number of fused-ring (bicyclic) bond motifs is 1. The highest BCUT2D eigenvalue weighted by Gasteiger charge is 2.80. The molecule has 0 radical (unpaired) electrons. The first-order valence-corrected chi connectivity index (χ1v) is 12.6. The highest BCUT2D eigenvalue weighted by Crippen LogP contribution is 2.65. The number of carbonyl (C=O) groups is 3. The maximum absolute atomic E-state index is 14.4. The van der Waals surface area contributed by atoms with Crippen molar-refractivity contribution in [2.45, 2.75) is 50.5 Å². The molecule has 0 saturated carbocycles. The van der Waals surface area contributed by atoms with Crippen molar-refractivity contribution in [3.8, 4) is 5.75 Å². The van der Waals surface area contributed by atoms with Gasteiger partial charge in [-0.15, -0.1) is 6.58 Å². The number of hydrogen-bond donors (Lipinski definition) is 1. The molecule has 2 amide bonds. The fourth-order valence-electron chi connectivity index (χ4n) is 6.47. The van der Waals surface area contributed by atoms with Gasteiger partial charge < -0.3 is 29.1 Å². The van der Waals surface area contributed by atoms with E-state index in [4.69, 9.17) is 14.2 Å². The van der Waals surface area contributed by atoms with Crippen LogP contribution in [0.15, 0.2) is 49.6 Å². The number of ether oxygens (including phenoxy) is 3. The van der Waals surface area contributed by atoms with Gasteiger partial charge in [0.1, 0.15) is 29.9 Å². The van der Waals surface area contributed by atoms with Crippen LogP contribution in [0.3, 0.4) is 0 Å². The predicted octanol–water partition coefficient (Wildman–Crippen LogP) is 2.33. The fourth-order valence-corrected chi connectivity index (χ4v) is 6.47. The quantitative estimate of drug-likeness (QED) is 0.379. The van der Waals surface area contributed by atoms with Crippen LogP contribution in [-0.2, 0) is 23.9 Å². The topological polar surface area (TPSA) is 106 Å². The summed E-state index contributed by atoms with van der Waals surface area (Å²) >= 11 is 0. The molecule has 2 bridgehead atoms. The number of nitrogens with zero attached hydrogens (tertiary/aromatic N) is 2. The Labute approximate surface area is 217 Å². The lowest BCUT2D eigenvalue weighted by Gasteiger charge is -2.38. The molecule has 9 nitrogen and oxygen atoms in total. The van der Waals surface area contributed by atoms with Gasteiger partial charge in [-0.25, -0.2) is 0 Å². The Morgan fingerprint density at radius 3 is 2.54 bits per heavy atom. The van der Waals surface area contributed by atoms with Crippen molar-refractivity contribution >= 4 is 23.5 Å². The van der Waals surface area contributed by atoms with Crippen molar-refractivity contribution in [3.05, 3.63) is 49.6 Å². The summed E-state index contributed by atoms with van der Waals surface area (Å²) in [5, 5.41) is 10.1. The molecular formula is C28H36N2O7. The SMILES string of the molecule is C=CCOC(=O)[C@H]1[C@H]2C(=O)N([C@H](C)CO)C(C(=O)N(CC=C)c3ccc(OC)cc3)C23CC(C)[C@]1(C)O3. The molecule has 37 heavy (non-hydrogen) atoms. The number of carbonyl (C=O) groups excluding carboxylic acids is 3. The summed E-state index contributed by atoms with van der Waals surface area (Å²) in [6, 6.07) is 5.31. The number of benzene rings is 1. The third kappa shape index (κ3) is 3.95. The molecule has 4 rings (SSSR count). The van der Waals surface area contributed by atoms with Crippen LogP contribution < -0.4 is 9.64 Å². The summed E-state index contributed by atoms with van der Waals surface area (Å²) in [5.41, 5.74) is -1.62. The molecule has 7 atom stereocenters. The lowest BCUT2D eigenvalue weighted by Crippen LogP contribution is -2.58. The molecule has 3 aliphatic heterocycles. The molecule has 3 fully saturated rings. The molecule has 3 unspecified atom stereocenters. The van der Waals surface area contributed by atoms with Crippen LogP contribution >= 0.6 is 0 Å². The van der Waals surface area contributed by atoms with Gasteiger partial charge in [-0.3, -0.25) is 14.4 Å². The number of hydrogen-bond acceptors (Lipinski definition) is 7. The van der Waals surface area contributed by atoms with Gasteiger partial charge in [0.25, 0.3) is 5.91 Å². The Hall–Kier alpha value is -3.17. The molecule has 1 spiro atoms. The van der Waals surface area contributed by atoms with E-state index >= 15 is 0 Å². The molecule has 3 heterocycles. The minimum absolute atomic E-state index is 0.0113. The number of aliphatic hydroxyl groups is 1. The molecule has 3 aliphatic rings. The monoisotopic (exact) mass is 512 g/mol. The van der Waals surface area contributed by atoms with Crippen molar-refractivity contribution in [1.29, 1.82) is 0 Å². The zero-order valence-corrected chi connectivity index (χ0v) is 21.9. The van der Waals surface area contributed by atoms with Crippen molar-refractivity contribution in [3.63, 3.8) is 0 Å². The van der Waals surface area contributed by atoms with Crippen LogP contribution in [0, 0.1) is 17.8 Å². The van der Waals surface area contributed by atoms with Crippen molar-refractivity contribution < 1.29 is 33.7 Å². The van der Waals surface area contributed by atoms with Crippen molar-refractivity contribution in [2.75, 3.05) is 31.8 Å². The Balaban J connectivity index is 1.82. The summed E-state index contributed by atoms with van der Waals surface area (Å²) in [5.74, 6) is -2.56.